The van der Waals surface area contributed by atoms with E-state index < -0.39 is 46.6 Å². The Kier molecular flexibility index (Phi) is 6.12. The molecule has 1 N–H and O–H groups in total. The van der Waals surface area contributed by atoms with Gasteiger partial charge in [-0.1, -0.05) is 0 Å². The fraction of sp³-hybridized carbons (Fsp3) is 0.471. The van der Waals surface area contributed by atoms with Crippen molar-refractivity contribution < 1.29 is 33.0 Å². The fourth-order valence-electron chi connectivity index (χ4n) is 2.90. The van der Waals surface area contributed by atoms with Crippen LogP contribution in [-0.2, 0) is 9.59 Å². The number of carbonyl (C=O) groups excluding carboxylic acids is 2. The molecule has 2 rings (SSSR count). The van der Waals surface area contributed by atoms with Crippen molar-refractivity contribution in [1.82, 2.24) is 9.80 Å². The number of hydrogen-bond acceptors (Lipinski definition) is 4. The average molecular weight is 370 g/mol. The minimum Gasteiger partial charge on any atom is -0.493 e. The highest BCUT2D eigenvalue weighted by atomic mass is 19.1. The van der Waals surface area contributed by atoms with Gasteiger partial charge in [0.25, 0.3) is 5.91 Å². The molecule has 0 radical (unpaired) electrons. The Hall–Kier alpha value is -2.71. The van der Waals surface area contributed by atoms with Gasteiger partial charge in [0.15, 0.2) is 11.6 Å². The molecular weight excluding hydrogens is 350 g/mol. The van der Waals surface area contributed by atoms with Gasteiger partial charge in [-0.3, -0.25) is 14.4 Å². The number of carboxylic acid groups (broad SMARTS) is 1. The number of piperidine rings is 1. The standard InChI is InChI=1S/C17H20F2N2O5/c1-20(9-13(22)21-7-3-4-10(8-21)17(24)25)16(23)14-11(18)5-6-12(19)15(14)26-2/h5-6,10H,3-4,7-9H2,1-2H3,(H,24,25). The quantitative estimate of drug-likeness (QED) is 0.846. The van der Waals surface area contributed by atoms with Crippen molar-refractivity contribution in [2.45, 2.75) is 12.8 Å². The predicted octanol–water partition coefficient (Wildman–Crippen LogP) is 1.37. The number of nitrogens with zero attached hydrogens (tertiary/aromatic N) is 2. The van der Waals surface area contributed by atoms with Crippen LogP contribution in [0.25, 0.3) is 0 Å². The van der Waals surface area contributed by atoms with E-state index in [1.807, 2.05) is 0 Å². The highest BCUT2D eigenvalue weighted by Gasteiger charge is 2.30. The normalized spacial score (nSPS) is 16.9. The zero-order valence-electron chi connectivity index (χ0n) is 14.5. The number of aliphatic carboxylic acids is 1. The van der Waals surface area contributed by atoms with Gasteiger partial charge in [-0.15, -0.1) is 0 Å². The van der Waals surface area contributed by atoms with Crippen LogP contribution < -0.4 is 4.74 Å². The van der Waals surface area contributed by atoms with Gasteiger partial charge < -0.3 is 19.6 Å². The van der Waals surface area contributed by atoms with Gasteiger partial charge in [0.1, 0.15) is 11.4 Å². The number of methoxy groups -OCH3 is 1. The summed E-state index contributed by atoms with van der Waals surface area (Å²) in [6, 6.07) is 1.65. The maximum absolute atomic E-state index is 14.0. The molecule has 1 saturated heterocycles. The highest BCUT2D eigenvalue weighted by Crippen LogP contribution is 2.26. The third-order valence-electron chi connectivity index (χ3n) is 4.32. The molecule has 1 atom stereocenters. The molecular formula is C17H20F2N2O5. The maximum Gasteiger partial charge on any atom is 0.308 e. The highest BCUT2D eigenvalue weighted by molar-refractivity contribution is 5.99. The molecule has 0 saturated carbocycles. The van der Waals surface area contributed by atoms with E-state index in [9.17, 15) is 23.2 Å². The lowest BCUT2D eigenvalue weighted by atomic mass is 9.98. The van der Waals surface area contributed by atoms with Crippen molar-refractivity contribution in [3.63, 3.8) is 0 Å². The van der Waals surface area contributed by atoms with Gasteiger partial charge in [0.05, 0.1) is 19.6 Å². The third-order valence-corrected chi connectivity index (χ3v) is 4.32. The molecule has 1 heterocycles. The zero-order valence-corrected chi connectivity index (χ0v) is 14.5. The molecule has 2 amide bonds. The Morgan fingerprint density at radius 3 is 2.58 bits per heavy atom. The van der Waals surface area contributed by atoms with E-state index in [1.54, 1.807) is 0 Å². The predicted molar refractivity (Wildman–Crippen MR) is 86.8 cm³/mol. The van der Waals surface area contributed by atoms with Crippen molar-refractivity contribution in [3.8, 4) is 5.75 Å². The first-order valence-electron chi connectivity index (χ1n) is 8.04. The molecule has 1 aromatic rings. The Morgan fingerprint density at radius 2 is 1.96 bits per heavy atom. The largest absolute Gasteiger partial charge is 0.493 e. The Labute approximate surface area is 149 Å². The Bertz CT molecular complexity index is 725. The molecule has 0 aromatic heterocycles. The third kappa shape index (κ3) is 4.09. The molecule has 0 bridgehead atoms. The van der Waals surface area contributed by atoms with E-state index in [-0.39, 0.29) is 13.1 Å². The van der Waals surface area contributed by atoms with E-state index in [0.717, 1.165) is 24.1 Å². The second kappa shape index (κ2) is 8.11. The number of halogens is 2. The van der Waals surface area contributed by atoms with Gasteiger partial charge in [0.2, 0.25) is 5.91 Å². The van der Waals surface area contributed by atoms with Gasteiger partial charge in [-0.2, -0.15) is 0 Å². The van der Waals surface area contributed by atoms with E-state index in [1.165, 1.54) is 11.9 Å². The number of carbonyl (C=O) groups is 3. The van der Waals surface area contributed by atoms with E-state index in [0.29, 0.717) is 19.4 Å². The SMILES string of the molecule is COc1c(F)ccc(F)c1C(=O)N(C)CC(=O)N1CCCC(C(=O)O)C1. The van der Waals surface area contributed by atoms with E-state index >= 15 is 0 Å². The molecule has 1 aliphatic rings. The lowest BCUT2D eigenvalue weighted by Crippen LogP contribution is -2.47. The first-order valence-corrected chi connectivity index (χ1v) is 8.04. The smallest absolute Gasteiger partial charge is 0.308 e. The van der Waals surface area contributed by atoms with Crippen molar-refractivity contribution in [2.75, 3.05) is 33.8 Å². The monoisotopic (exact) mass is 370 g/mol. The molecule has 1 aliphatic heterocycles. The van der Waals surface area contributed by atoms with Crippen LogP contribution in [-0.4, -0.2) is 66.5 Å². The average Bonchev–Trinajstić information content (AvgIpc) is 2.62. The summed E-state index contributed by atoms with van der Waals surface area (Å²) < 4.78 is 32.5. The molecule has 7 nitrogen and oxygen atoms in total. The number of carboxylic acids is 1. The van der Waals surface area contributed by atoms with Crippen molar-refractivity contribution in [3.05, 3.63) is 29.3 Å². The van der Waals surface area contributed by atoms with E-state index in [4.69, 9.17) is 9.84 Å². The van der Waals surface area contributed by atoms with Crippen LogP contribution in [0.5, 0.6) is 5.75 Å². The molecule has 1 fully saturated rings. The Balaban J connectivity index is 2.11. The molecule has 1 aromatic carbocycles. The summed E-state index contributed by atoms with van der Waals surface area (Å²) in [4.78, 5) is 38.2. The van der Waals surface area contributed by atoms with Crippen LogP contribution in [0.2, 0.25) is 0 Å². The van der Waals surface area contributed by atoms with Crippen molar-refractivity contribution in [1.29, 1.82) is 0 Å². The summed E-state index contributed by atoms with van der Waals surface area (Å²) in [5.41, 5.74) is -0.593. The lowest BCUT2D eigenvalue weighted by molar-refractivity contribution is -0.145. The molecule has 0 spiro atoms. The van der Waals surface area contributed by atoms with Crippen LogP contribution >= 0.6 is 0 Å². The van der Waals surface area contributed by atoms with Crippen LogP contribution in [0.15, 0.2) is 12.1 Å². The number of ether oxygens (including phenoxy) is 1. The van der Waals surface area contributed by atoms with Gasteiger partial charge in [0, 0.05) is 20.1 Å². The summed E-state index contributed by atoms with van der Waals surface area (Å²) in [6.07, 6.45) is 1.03. The topological polar surface area (TPSA) is 87.2 Å². The second-order valence-electron chi connectivity index (χ2n) is 6.12. The van der Waals surface area contributed by atoms with Crippen LogP contribution in [0.1, 0.15) is 23.2 Å². The Morgan fingerprint density at radius 1 is 1.31 bits per heavy atom. The lowest BCUT2D eigenvalue weighted by Gasteiger charge is -2.32. The maximum atomic E-state index is 14.0. The number of benzene rings is 1. The summed E-state index contributed by atoms with van der Waals surface area (Å²) in [5, 5.41) is 9.08. The van der Waals surface area contributed by atoms with E-state index in [2.05, 4.69) is 0 Å². The summed E-state index contributed by atoms with van der Waals surface area (Å²) in [7, 11) is 2.39. The molecule has 9 heteroatoms. The number of hydrogen-bond donors (Lipinski definition) is 1. The first-order chi connectivity index (χ1) is 12.3. The van der Waals surface area contributed by atoms with Gasteiger partial charge in [-0.25, -0.2) is 8.78 Å². The summed E-state index contributed by atoms with van der Waals surface area (Å²) in [6.45, 7) is 0.0699. The molecule has 1 unspecified atom stereocenters. The van der Waals surface area contributed by atoms with Crippen LogP contribution in [0.4, 0.5) is 8.78 Å². The van der Waals surface area contributed by atoms with Crippen LogP contribution in [0.3, 0.4) is 0 Å². The number of amides is 2. The fourth-order valence-corrected chi connectivity index (χ4v) is 2.90. The molecule has 0 aliphatic carbocycles. The minimum absolute atomic E-state index is 0.0633. The number of rotatable bonds is 5. The minimum atomic E-state index is -0.974. The summed E-state index contributed by atoms with van der Waals surface area (Å²) >= 11 is 0. The van der Waals surface area contributed by atoms with Crippen LogP contribution in [0, 0.1) is 17.6 Å². The molecule has 142 valence electrons. The zero-order chi connectivity index (χ0) is 19.4. The first kappa shape index (κ1) is 19.6. The summed E-state index contributed by atoms with van der Waals surface area (Å²) in [5.74, 6) is -5.36. The number of likely N-dealkylation sites (N-methyl/N-ethyl adjacent to an activating group) is 1. The van der Waals surface area contributed by atoms with Crippen molar-refractivity contribution >= 4 is 17.8 Å². The van der Waals surface area contributed by atoms with Gasteiger partial charge >= 0.3 is 5.97 Å². The van der Waals surface area contributed by atoms with Gasteiger partial charge in [-0.05, 0) is 25.0 Å². The second-order valence-corrected chi connectivity index (χ2v) is 6.12. The molecule has 26 heavy (non-hydrogen) atoms. The number of likely N-dealkylation sites (tertiary alicyclic amines) is 1. The van der Waals surface area contributed by atoms with Crippen molar-refractivity contribution in [2.24, 2.45) is 5.92 Å².